The van der Waals surface area contributed by atoms with Gasteiger partial charge in [0, 0.05) is 5.75 Å². The van der Waals surface area contributed by atoms with Crippen molar-refractivity contribution in [2.75, 3.05) is 0 Å². The van der Waals surface area contributed by atoms with Crippen molar-refractivity contribution >= 4 is 35.3 Å². The van der Waals surface area contributed by atoms with Gasteiger partial charge in [-0.2, -0.15) is 0 Å². The first-order chi connectivity index (χ1) is 12.4. The fourth-order valence-corrected chi connectivity index (χ4v) is 3.50. The van der Waals surface area contributed by atoms with E-state index in [9.17, 15) is 0 Å². The Kier molecular flexibility index (Phi) is 4.76. The number of H-pyrrole nitrogens is 1. The molecule has 0 aliphatic rings. The van der Waals surface area contributed by atoms with E-state index in [0.29, 0.717) is 16.8 Å². The van der Waals surface area contributed by atoms with Crippen LogP contribution in [0.15, 0.2) is 63.7 Å². The van der Waals surface area contributed by atoms with E-state index in [2.05, 4.69) is 20.2 Å². The van der Waals surface area contributed by atoms with Crippen molar-refractivity contribution in [3.63, 3.8) is 0 Å². The molecule has 0 fully saturated rings. The number of rotatable bonds is 6. The van der Waals surface area contributed by atoms with Crippen molar-refractivity contribution < 1.29 is 4.42 Å². The molecule has 0 saturated carbocycles. The molecule has 5 nitrogen and oxygen atoms in total. The predicted molar refractivity (Wildman–Crippen MR) is 101 cm³/mol. The number of nitrogens with one attached hydrogen (secondary N) is 1. The number of hydrogen-bond donors (Lipinski definition) is 1. The highest BCUT2D eigenvalue weighted by Gasteiger charge is 2.09. The fraction of sp³-hybridized carbons (Fsp3) is 0.0556. The van der Waals surface area contributed by atoms with Crippen molar-refractivity contribution in [1.82, 2.24) is 20.2 Å². The number of oxazole rings is 1. The van der Waals surface area contributed by atoms with Crippen LogP contribution in [-0.2, 0) is 5.75 Å². The number of nitrogens with zero attached hydrogens (tertiary/aromatic N) is 3. The number of aromatic nitrogens is 4. The molecular weight excluding hydrogens is 352 g/mol. The third kappa shape index (κ3) is 4.07. The molecule has 7 heteroatoms. The van der Waals surface area contributed by atoms with Gasteiger partial charge in [0.15, 0.2) is 0 Å². The second-order valence-corrected chi connectivity index (χ2v) is 7.05. The molecule has 0 aliphatic heterocycles. The first-order valence-corrected chi connectivity index (χ1v) is 9.50. The Balaban J connectivity index is 1.36. The lowest BCUT2D eigenvalue weighted by Gasteiger charge is -1.91. The zero-order valence-corrected chi connectivity index (χ0v) is 14.8. The maximum absolute atomic E-state index is 5.52. The topological polar surface area (TPSA) is 67.6 Å². The van der Waals surface area contributed by atoms with Crippen LogP contribution in [0.4, 0.5) is 0 Å². The summed E-state index contributed by atoms with van der Waals surface area (Å²) in [7, 11) is 0. The molecule has 124 valence electrons. The Labute approximate surface area is 152 Å². The molecule has 3 aromatic heterocycles. The van der Waals surface area contributed by atoms with E-state index in [1.807, 2.05) is 60.0 Å². The molecule has 1 aromatic carbocycles. The molecule has 0 unspecified atom stereocenters. The van der Waals surface area contributed by atoms with Gasteiger partial charge in [0.05, 0.1) is 10.6 Å². The second kappa shape index (κ2) is 7.50. The average molecular weight is 366 g/mol. The minimum atomic E-state index is 0.659. The first kappa shape index (κ1) is 15.9. The van der Waals surface area contributed by atoms with Crippen molar-refractivity contribution in [1.29, 1.82) is 0 Å². The maximum atomic E-state index is 5.52. The first-order valence-electron chi connectivity index (χ1n) is 7.63. The van der Waals surface area contributed by atoms with Gasteiger partial charge < -0.3 is 4.42 Å². The smallest absolute Gasteiger partial charge is 0.236 e. The summed E-state index contributed by atoms with van der Waals surface area (Å²) in [6.07, 6.45) is 5.60. The summed E-state index contributed by atoms with van der Waals surface area (Å²) in [6, 6.07) is 14.1. The van der Waals surface area contributed by atoms with E-state index in [1.165, 1.54) is 11.8 Å². The number of aromatic amines is 1. The van der Waals surface area contributed by atoms with Crippen LogP contribution in [0, 0.1) is 0 Å². The molecule has 0 saturated heterocycles. The van der Waals surface area contributed by atoms with Crippen LogP contribution < -0.4 is 0 Å². The summed E-state index contributed by atoms with van der Waals surface area (Å²) in [6.45, 7) is 0. The highest BCUT2D eigenvalue weighted by atomic mass is 32.2. The van der Waals surface area contributed by atoms with E-state index in [-0.39, 0.29) is 0 Å². The summed E-state index contributed by atoms with van der Waals surface area (Å²) in [5.74, 6) is 2.05. The van der Waals surface area contributed by atoms with E-state index >= 15 is 0 Å². The van der Waals surface area contributed by atoms with Crippen molar-refractivity contribution in [3.05, 3.63) is 71.2 Å². The minimum Gasteiger partial charge on any atom is -0.444 e. The summed E-state index contributed by atoms with van der Waals surface area (Å²) in [5.41, 5.74) is 2.00. The number of hydrogen-bond acceptors (Lipinski definition) is 6. The van der Waals surface area contributed by atoms with Crippen LogP contribution in [0.25, 0.3) is 22.9 Å². The van der Waals surface area contributed by atoms with Crippen LogP contribution in [0.3, 0.4) is 0 Å². The average Bonchev–Trinajstić information content (AvgIpc) is 3.40. The predicted octanol–water partition coefficient (Wildman–Crippen LogP) is 4.98. The van der Waals surface area contributed by atoms with Gasteiger partial charge in [-0.25, -0.2) is 9.97 Å². The van der Waals surface area contributed by atoms with Gasteiger partial charge in [-0.3, -0.25) is 5.10 Å². The summed E-state index contributed by atoms with van der Waals surface area (Å²) >= 11 is 3.13. The van der Waals surface area contributed by atoms with Gasteiger partial charge in [-0.15, -0.1) is 16.4 Å². The normalized spacial score (nSPS) is 11.4. The number of thioether (sulfide) groups is 1. The lowest BCUT2D eigenvalue weighted by Crippen LogP contribution is -1.82. The SMILES string of the molecule is C(=C\c1nc(SCc2coc(-c3cccs3)n2)n[nH]1)/c1ccccc1. The third-order valence-electron chi connectivity index (χ3n) is 3.35. The molecule has 0 bridgehead atoms. The summed E-state index contributed by atoms with van der Waals surface area (Å²) in [5, 5.41) is 9.84. The van der Waals surface area contributed by atoms with Crippen LogP contribution in [-0.4, -0.2) is 20.2 Å². The highest BCUT2D eigenvalue weighted by Crippen LogP contribution is 2.26. The molecule has 0 spiro atoms. The Morgan fingerprint density at radius 3 is 2.84 bits per heavy atom. The maximum Gasteiger partial charge on any atom is 0.236 e. The van der Waals surface area contributed by atoms with Gasteiger partial charge in [0.2, 0.25) is 11.0 Å². The molecule has 3 heterocycles. The third-order valence-corrected chi connectivity index (χ3v) is 5.09. The van der Waals surface area contributed by atoms with E-state index in [1.54, 1.807) is 17.6 Å². The van der Waals surface area contributed by atoms with E-state index in [0.717, 1.165) is 22.0 Å². The van der Waals surface area contributed by atoms with Gasteiger partial charge in [-0.05, 0) is 23.1 Å². The Morgan fingerprint density at radius 2 is 2.00 bits per heavy atom. The molecule has 0 aliphatic carbocycles. The molecule has 4 rings (SSSR count). The summed E-state index contributed by atoms with van der Waals surface area (Å²) < 4.78 is 5.52. The lowest BCUT2D eigenvalue weighted by molar-refractivity contribution is 0.575. The zero-order chi connectivity index (χ0) is 16.9. The van der Waals surface area contributed by atoms with Crippen molar-refractivity contribution in [2.45, 2.75) is 10.9 Å². The van der Waals surface area contributed by atoms with Crippen LogP contribution in [0.5, 0.6) is 0 Å². The van der Waals surface area contributed by atoms with Crippen LogP contribution >= 0.6 is 23.1 Å². The van der Waals surface area contributed by atoms with Gasteiger partial charge in [0.1, 0.15) is 12.1 Å². The van der Waals surface area contributed by atoms with Gasteiger partial charge in [0.25, 0.3) is 0 Å². The molecular formula is C18H14N4OS2. The van der Waals surface area contributed by atoms with Gasteiger partial charge in [-0.1, -0.05) is 54.2 Å². The van der Waals surface area contributed by atoms with Gasteiger partial charge >= 0.3 is 0 Å². The Morgan fingerprint density at radius 1 is 1.08 bits per heavy atom. The molecule has 4 aromatic rings. The monoisotopic (exact) mass is 366 g/mol. The Hall–Kier alpha value is -2.64. The molecule has 0 atom stereocenters. The fourth-order valence-electron chi connectivity index (χ4n) is 2.16. The molecule has 0 amide bonds. The number of thiophene rings is 1. The molecule has 0 radical (unpaired) electrons. The molecule has 25 heavy (non-hydrogen) atoms. The highest BCUT2D eigenvalue weighted by molar-refractivity contribution is 7.98. The largest absolute Gasteiger partial charge is 0.444 e. The Bertz CT molecular complexity index is 958. The van der Waals surface area contributed by atoms with Crippen LogP contribution in [0.1, 0.15) is 17.1 Å². The summed E-state index contributed by atoms with van der Waals surface area (Å²) in [4.78, 5) is 9.97. The van der Waals surface area contributed by atoms with E-state index in [4.69, 9.17) is 4.42 Å². The second-order valence-electron chi connectivity index (χ2n) is 5.16. The molecule has 1 N–H and O–H groups in total. The van der Waals surface area contributed by atoms with Crippen molar-refractivity contribution in [3.8, 4) is 10.8 Å². The number of benzene rings is 1. The minimum absolute atomic E-state index is 0.659. The standard InChI is InChI=1S/C18H14N4OS2/c1-2-5-13(6-3-1)8-9-16-20-18(22-21-16)25-12-14-11-23-17(19-14)15-7-4-10-24-15/h1-11H,12H2,(H,20,21,22)/b9-8+. The quantitative estimate of drug-likeness (QED) is 0.487. The van der Waals surface area contributed by atoms with Crippen molar-refractivity contribution in [2.24, 2.45) is 0 Å². The van der Waals surface area contributed by atoms with E-state index < -0.39 is 0 Å². The lowest BCUT2D eigenvalue weighted by atomic mass is 10.2. The zero-order valence-electron chi connectivity index (χ0n) is 13.1. The van der Waals surface area contributed by atoms with Crippen LogP contribution in [0.2, 0.25) is 0 Å².